The molecule has 0 bridgehead atoms. The standard InChI is InChI=1S/C25H31ClN4O2/c1-2-28-21(16-19-8-7-18(17-27)15-23(19)28)10-9-20-5-3-13-29(20)25(32)22-6-4-14-30(22)24(31)11-12-26/h7-8,15-16,20,22H,2-6,9-14H2,1H3. The van der Waals surface area contributed by atoms with Crippen molar-refractivity contribution in [2.45, 2.75) is 70.5 Å². The number of carbonyl (C=O) groups excluding carboxylic acids is 2. The Morgan fingerprint density at radius 1 is 1.16 bits per heavy atom. The van der Waals surface area contributed by atoms with Gasteiger partial charge in [0.15, 0.2) is 0 Å². The summed E-state index contributed by atoms with van der Waals surface area (Å²) in [6.07, 6.45) is 5.75. The maximum atomic E-state index is 13.4. The number of carbonyl (C=O) groups is 2. The minimum Gasteiger partial charge on any atom is -0.345 e. The molecule has 0 aliphatic carbocycles. The third-order valence-electron chi connectivity index (χ3n) is 7.00. The van der Waals surface area contributed by atoms with Gasteiger partial charge in [-0.2, -0.15) is 5.26 Å². The Kier molecular flexibility index (Phi) is 7.05. The van der Waals surface area contributed by atoms with Crippen molar-refractivity contribution < 1.29 is 9.59 Å². The van der Waals surface area contributed by atoms with E-state index in [4.69, 9.17) is 11.6 Å². The molecule has 32 heavy (non-hydrogen) atoms. The Balaban J connectivity index is 1.46. The first-order chi connectivity index (χ1) is 15.6. The van der Waals surface area contributed by atoms with Crippen LogP contribution in [0, 0.1) is 11.3 Å². The molecular weight excluding hydrogens is 424 g/mol. The second kappa shape index (κ2) is 9.95. The number of alkyl halides is 1. The number of fused-ring (bicyclic) bond motifs is 1. The summed E-state index contributed by atoms with van der Waals surface area (Å²) in [7, 11) is 0. The summed E-state index contributed by atoms with van der Waals surface area (Å²) in [4.78, 5) is 29.6. The maximum absolute atomic E-state index is 13.4. The predicted octanol–water partition coefficient (Wildman–Crippen LogP) is 4.08. The molecule has 0 saturated carbocycles. The summed E-state index contributed by atoms with van der Waals surface area (Å²) in [6.45, 7) is 4.41. The molecule has 2 aliphatic heterocycles. The van der Waals surface area contributed by atoms with Crippen LogP contribution in [0.3, 0.4) is 0 Å². The van der Waals surface area contributed by atoms with Gasteiger partial charge in [-0.25, -0.2) is 0 Å². The summed E-state index contributed by atoms with van der Waals surface area (Å²) in [5.41, 5.74) is 3.02. The largest absolute Gasteiger partial charge is 0.345 e. The second-order valence-corrected chi connectivity index (χ2v) is 9.19. The molecule has 2 amide bonds. The van der Waals surface area contributed by atoms with Crippen LogP contribution in [0.2, 0.25) is 0 Å². The number of hydrogen-bond acceptors (Lipinski definition) is 3. The van der Waals surface area contributed by atoms with Gasteiger partial charge in [0.25, 0.3) is 0 Å². The second-order valence-electron chi connectivity index (χ2n) is 8.82. The molecule has 1 aromatic heterocycles. The van der Waals surface area contributed by atoms with Crippen LogP contribution in [0.25, 0.3) is 10.9 Å². The highest BCUT2D eigenvalue weighted by atomic mass is 35.5. The van der Waals surface area contributed by atoms with Crippen LogP contribution in [-0.4, -0.2) is 57.2 Å². The fourth-order valence-corrected chi connectivity index (χ4v) is 5.60. The maximum Gasteiger partial charge on any atom is 0.245 e. The number of aromatic nitrogens is 1. The lowest BCUT2D eigenvalue weighted by molar-refractivity contribution is -0.144. The molecular formula is C25H31ClN4O2. The molecule has 2 unspecified atom stereocenters. The van der Waals surface area contributed by atoms with Gasteiger partial charge in [0.1, 0.15) is 6.04 Å². The van der Waals surface area contributed by atoms with E-state index < -0.39 is 0 Å². The van der Waals surface area contributed by atoms with Crippen molar-refractivity contribution >= 4 is 34.3 Å². The van der Waals surface area contributed by atoms with E-state index in [1.54, 1.807) is 4.90 Å². The van der Waals surface area contributed by atoms with Gasteiger partial charge in [0, 0.05) is 49.2 Å². The van der Waals surface area contributed by atoms with Crippen molar-refractivity contribution in [3.63, 3.8) is 0 Å². The van der Waals surface area contributed by atoms with Crippen LogP contribution in [0.1, 0.15) is 56.7 Å². The zero-order chi connectivity index (χ0) is 22.7. The van der Waals surface area contributed by atoms with E-state index >= 15 is 0 Å². The molecule has 170 valence electrons. The average Bonchev–Trinajstić information content (AvgIpc) is 3.54. The Morgan fingerprint density at radius 3 is 2.69 bits per heavy atom. The number of amides is 2. The van der Waals surface area contributed by atoms with Gasteiger partial charge in [-0.3, -0.25) is 9.59 Å². The minimum absolute atomic E-state index is 0.00389. The van der Waals surface area contributed by atoms with Crippen molar-refractivity contribution in [2.75, 3.05) is 19.0 Å². The van der Waals surface area contributed by atoms with Crippen molar-refractivity contribution in [1.82, 2.24) is 14.4 Å². The van der Waals surface area contributed by atoms with Crippen molar-refractivity contribution in [3.05, 3.63) is 35.5 Å². The first-order valence-electron chi connectivity index (χ1n) is 11.8. The smallest absolute Gasteiger partial charge is 0.245 e. The van der Waals surface area contributed by atoms with Gasteiger partial charge in [-0.05, 0) is 69.0 Å². The van der Waals surface area contributed by atoms with E-state index in [0.717, 1.165) is 62.5 Å². The zero-order valence-corrected chi connectivity index (χ0v) is 19.5. The summed E-state index contributed by atoms with van der Waals surface area (Å²) >= 11 is 5.76. The molecule has 2 aliphatic rings. The van der Waals surface area contributed by atoms with Crippen LogP contribution < -0.4 is 0 Å². The first-order valence-corrected chi connectivity index (χ1v) is 12.3. The third kappa shape index (κ3) is 4.36. The van der Waals surface area contributed by atoms with E-state index in [1.165, 1.54) is 5.69 Å². The summed E-state index contributed by atoms with van der Waals surface area (Å²) in [5, 5.41) is 10.4. The van der Waals surface area contributed by atoms with Crippen molar-refractivity contribution in [3.8, 4) is 6.07 Å². The van der Waals surface area contributed by atoms with Gasteiger partial charge in [-0.1, -0.05) is 6.07 Å². The van der Waals surface area contributed by atoms with Crippen LogP contribution in [0.5, 0.6) is 0 Å². The monoisotopic (exact) mass is 454 g/mol. The zero-order valence-electron chi connectivity index (χ0n) is 18.7. The van der Waals surface area contributed by atoms with Crippen molar-refractivity contribution in [1.29, 1.82) is 5.26 Å². The molecule has 1 aromatic carbocycles. The molecule has 3 heterocycles. The lowest BCUT2D eigenvalue weighted by Crippen LogP contribution is -2.49. The molecule has 2 aromatic rings. The van der Waals surface area contributed by atoms with E-state index in [9.17, 15) is 14.9 Å². The van der Waals surface area contributed by atoms with Gasteiger partial charge >= 0.3 is 0 Å². The quantitative estimate of drug-likeness (QED) is 0.592. The molecule has 6 nitrogen and oxygen atoms in total. The van der Waals surface area contributed by atoms with Gasteiger partial charge < -0.3 is 14.4 Å². The molecule has 0 spiro atoms. The van der Waals surface area contributed by atoms with Gasteiger partial charge in [0.2, 0.25) is 11.8 Å². The Morgan fingerprint density at radius 2 is 1.94 bits per heavy atom. The molecule has 0 N–H and O–H groups in total. The van der Waals surface area contributed by atoms with E-state index in [0.29, 0.717) is 24.4 Å². The SMILES string of the molecule is CCn1c(CCC2CCCN2C(=O)C2CCCN2C(=O)CCCl)cc2ccc(C#N)cc21. The van der Waals surface area contributed by atoms with Crippen LogP contribution in [0.4, 0.5) is 0 Å². The normalized spacial score (nSPS) is 20.8. The topological polar surface area (TPSA) is 69.3 Å². The summed E-state index contributed by atoms with van der Waals surface area (Å²) < 4.78 is 2.28. The molecule has 4 rings (SSSR count). The molecule has 0 radical (unpaired) electrons. The molecule has 2 saturated heterocycles. The number of aryl methyl sites for hydroxylation is 2. The van der Waals surface area contributed by atoms with Crippen LogP contribution in [-0.2, 0) is 22.6 Å². The number of benzene rings is 1. The molecule has 2 fully saturated rings. The Labute approximate surface area is 194 Å². The Hall–Kier alpha value is -2.52. The fraction of sp³-hybridized carbons (Fsp3) is 0.560. The number of nitriles is 1. The average molecular weight is 455 g/mol. The number of hydrogen-bond donors (Lipinski definition) is 0. The lowest BCUT2D eigenvalue weighted by Gasteiger charge is -2.31. The minimum atomic E-state index is -0.321. The predicted molar refractivity (Wildman–Crippen MR) is 125 cm³/mol. The third-order valence-corrected chi connectivity index (χ3v) is 7.18. The molecule has 7 heteroatoms. The van der Waals surface area contributed by atoms with Gasteiger partial charge in [-0.15, -0.1) is 11.6 Å². The number of likely N-dealkylation sites (tertiary alicyclic amines) is 2. The van der Waals surface area contributed by atoms with E-state index in [2.05, 4.69) is 23.6 Å². The first kappa shape index (κ1) is 22.7. The van der Waals surface area contributed by atoms with E-state index in [-0.39, 0.29) is 23.9 Å². The van der Waals surface area contributed by atoms with Crippen LogP contribution in [0.15, 0.2) is 24.3 Å². The Bertz CT molecular complexity index is 1040. The highest BCUT2D eigenvalue weighted by Crippen LogP contribution is 2.29. The lowest BCUT2D eigenvalue weighted by atomic mass is 10.1. The van der Waals surface area contributed by atoms with E-state index in [1.807, 2.05) is 23.1 Å². The van der Waals surface area contributed by atoms with Gasteiger partial charge in [0.05, 0.1) is 11.6 Å². The highest BCUT2D eigenvalue weighted by molar-refractivity contribution is 6.19. The molecule has 2 atom stereocenters. The fourth-order valence-electron chi connectivity index (χ4n) is 5.44. The number of rotatable bonds is 7. The van der Waals surface area contributed by atoms with Crippen molar-refractivity contribution in [2.24, 2.45) is 0 Å². The number of halogens is 1. The summed E-state index contributed by atoms with van der Waals surface area (Å²) in [5.74, 6) is 0.405. The van der Waals surface area contributed by atoms with Crippen LogP contribution >= 0.6 is 11.6 Å². The highest BCUT2D eigenvalue weighted by Gasteiger charge is 2.39. The summed E-state index contributed by atoms with van der Waals surface area (Å²) in [6, 6.07) is 10.2. The number of nitrogens with zero attached hydrogens (tertiary/aromatic N) is 4.